The number of methoxy groups -OCH3 is 1. The molecule has 1 fully saturated rings. The van der Waals surface area contributed by atoms with E-state index >= 15 is 0 Å². The van der Waals surface area contributed by atoms with Gasteiger partial charge >= 0.3 is 0 Å². The zero-order valence-corrected chi connectivity index (χ0v) is 15.9. The van der Waals surface area contributed by atoms with Gasteiger partial charge in [0, 0.05) is 31.5 Å². The zero-order chi connectivity index (χ0) is 19.8. The molecule has 1 aromatic heterocycles. The number of hydrogen-bond acceptors (Lipinski definition) is 5. The fourth-order valence-electron chi connectivity index (χ4n) is 3.12. The van der Waals surface area contributed by atoms with Gasteiger partial charge in [0.1, 0.15) is 11.4 Å². The van der Waals surface area contributed by atoms with Crippen LogP contribution in [0.3, 0.4) is 0 Å². The molecule has 1 aliphatic heterocycles. The molecule has 0 saturated carbocycles. The van der Waals surface area contributed by atoms with Gasteiger partial charge in [-0.3, -0.25) is 14.6 Å². The molecule has 28 heavy (non-hydrogen) atoms. The molecule has 1 atom stereocenters. The van der Waals surface area contributed by atoms with Crippen LogP contribution >= 0.6 is 0 Å². The summed E-state index contributed by atoms with van der Waals surface area (Å²) in [5, 5.41) is 5.68. The van der Waals surface area contributed by atoms with Gasteiger partial charge in [-0.05, 0) is 43.0 Å². The van der Waals surface area contributed by atoms with Gasteiger partial charge in [-0.25, -0.2) is 0 Å². The van der Waals surface area contributed by atoms with Crippen LogP contribution in [0.1, 0.15) is 39.3 Å². The van der Waals surface area contributed by atoms with Gasteiger partial charge in [-0.15, -0.1) is 0 Å². The first-order chi connectivity index (χ1) is 13.7. The minimum Gasteiger partial charge on any atom is -0.496 e. The van der Waals surface area contributed by atoms with Gasteiger partial charge in [0.2, 0.25) is 0 Å². The van der Waals surface area contributed by atoms with E-state index in [1.165, 1.54) is 12.3 Å². The molecule has 3 rings (SSSR count). The van der Waals surface area contributed by atoms with E-state index in [2.05, 4.69) is 15.6 Å². The van der Waals surface area contributed by atoms with Gasteiger partial charge in [0.05, 0.1) is 13.2 Å². The molecule has 1 saturated heterocycles. The first kappa shape index (κ1) is 19.8. The van der Waals surface area contributed by atoms with Gasteiger partial charge < -0.3 is 20.1 Å². The molecule has 7 nitrogen and oxygen atoms in total. The lowest BCUT2D eigenvalue weighted by Gasteiger charge is -2.11. The van der Waals surface area contributed by atoms with Crippen LogP contribution in [0.2, 0.25) is 0 Å². The van der Waals surface area contributed by atoms with Crippen LogP contribution in [0.5, 0.6) is 5.75 Å². The molecule has 7 heteroatoms. The Balaban J connectivity index is 1.52. The van der Waals surface area contributed by atoms with Gasteiger partial charge in [0.25, 0.3) is 11.8 Å². The lowest BCUT2D eigenvalue weighted by atomic mass is 10.1. The first-order valence-corrected chi connectivity index (χ1v) is 9.43. The second-order valence-electron chi connectivity index (χ2n) is 6.59. The molecule has 0 aliphatic carbocycles. The number of rotatable bonds is 8. The Hall–Kier alpha value is -2.93. The number of carbonyl (C=O) groups is 2. The van der Waals surface area contributed by atoms with Crippen LogP contribution in [0, 0.1) is 0 Å². The van der Waals surface area contributed by atoms with Gasteiger partial charge in [0.15, 0.2) is 0 Å². The summed E-state index contributed by atoms with van der Waals surface area (Å²) in [5.41, 5.74) is 1.63. The third-order valence-corrected chi connectivity index (χ3v) is 4.64. The van der Waals surface area contributed by atoms with Crippen molar-refractivity contribution in [1.29, 1.82) is 0 Å². The number of pyridine rings is 1. The minimum absolute atomic E-state index is 0.0727. The third kappa shape index (κ3) is 5.29. The molecule has 0 spiro atoms. The lowest BCUT2D eigenvalue weighted by Crippen LogP contribution is -2.32. The fourth-order valence-corrected chi connectivity index (χ4v) is 3.12. The molecular formula is C21H25N3O4. The van der Waals surface area contributed by atoms with Crippen molar-refractivity contribution >= 4 is 11.8 Å². The zero-order valence-electron chi connectivity index (χ0n) is 15.9. The summed E-state index contributed by atoms with van der Waals surface area (Å²) in [5.74, 6) is 0.240. The molecule has 2 aromatic rings. The molecule has 1 aliphatic rings. The van der Waals surface area contributed by atoms with E-state index < -0.39 is 0 Å². The molecule has 2 N–H and O–H groups in total. The van der Waals surface area contributed by atoms with E-state index in [1.54, 1.807) is 13.2 Å². The van der Waals surface area contributed by atoms with Crippen molar-refractivity contribution in [3.05, 3.63) is 59.4 Å². The number of ether oxygens (including phenoxy) is 2. The second-order valence-corrected chi connectivity index (χ2v) is 6.59. The number of amides is 2. The van der Waals surface area contributed by atoms with Crippen LogP contribution in [0.25, 0.3) is 0 Å². The highest BCUT2D eigenvalue weighted by Crippen LogP contribution is 2.17. The SMILES string of the molecule is COc1ccccc1CCNC(=O)c1cc(C(=O)NCC2CCCO2)ccn1. The highest BCUT2D eigenvalue weighted by atomic mass is 16.5. The summed E-state index contributed by atoms with van der Waals surface area (Å²) in [6.45, 7) is 1.66. The van der Waals surface area contributed by atoms with Crippen molar-refractivity contribution < 1.29 is 19.1 Å². The lowest BCUT2D eigenvalue weighted by molar-refractivity contribution is 0.0857. The summed E-state index contributed by atoms with van der Waals surface area (Å²) in [4.78, 5) is 28.8. The molecular weight excluding hydrogens is 358 g/mol. The molecule has 1 unspecified atom stereocenters. The van der Waals surface area contributed by atoms with E-state index in [4.69, 9.17) is 9.47 Å². The quantitative estimate of drug-likeness (QED) is 0.728. The first-order valence-electron chi connectivity index (χ1n) is 9.43. The Morgan fingerprint density at radius 1 is 1.21 bits per heavy atom. The summed E-state index contributed by atoms with van der Waals surface area (Å²) in [6, 6.07) is 10.8. The number of aromatic nitrogens is 1. The number of benzene rings is 1. The number of para-hydroxylation sites is 1. The van der Waals surface area contributed by atoms with Crippen LogP contribution in [0.15, 0.2) is 42.6 Å². The molecule has 148 valence electrons. The monoisotopic (exact) mass is 383 g/mol. The normalized spacial score (nSPS) is 15.8. The van der Waals surface area contributed by atoms with E-state index in [0.29, 0.717) is 25.1 Å². The average Bonchev–Trinajstić information content (AvgIpc) is 3.26. The maximum atomic E-state index is 12.4. The molecule has 0 bridgehead atoms. The van der Waals surface area contributed by atoms with Crippen LogP contribution in [-0.4, -0.2) is 49.7 Å². The predicted molar refractivity (Wildman–Crippen MR) is 105 cm³/mol. The highest BCUT2D eigenvalue weighted by Gasteiger charge is 2.17. The Bertz CT molecular complexity index is 819. The topological polar surface area (TPSA) is 89.5 Å². The Labute approximate surface area is 164 Å². The van der Waals surface area contributed by atoms with Crippen molar-refractivity contribution in [1.82, 2.24) is 15.6 Å². The van der Waals surface area contributed by atoms with E-state index in [-0.39, 0.29) is 23.6 Å². The molecule has 1 aromatic carbocycles. The Morgan fingerprint density at radius 3 is 2.86 bits per heavy atom. The molecule has 0 radical (unpaired) electrons. The smallest absolute Gasteiger partial charge is 0.269 e. The third-order valence-electron chi connectivity index (χ3n) is 4.64. The maximum absolute atomic E-state index is 12.4. The Morgan fingerprint density at radius 2 is 2.07 bits per heavy atom. The summed E-state index contributed by atoms with van der Waals surface area (Å²) < 4.78 is 10.8. The molecule has 2 amide bonds. The predicted octanol–water partition coefficient (Wildman–Crippen LogP) is 1.97. The maximum Gasteiger partial charge on any atom is 0.269 e. The summed E-state index contributed by atoms with van der Waals surface area (Å²) >= 11 is 0. The van der Waals surface area contributed by atoms with Crippen molar-refractivity contribution in [3.63, 3.8) is 0 Å². The van der Waals surface area contributed by atoms with Crippen molar-refractivity contribution in [3.8, 4) is 5.75 Å². The summed E-state index contributed by atoms with van der Waals surface area (Å²) in [6.07, 6.45) is 4.15. The standard InChI is InChI=1S/C21H25N3O4/c1-27-19-7-3-2-5-15(19)8-11-23-21(26)18-13-16(9-10-22-18)20(25)24-14-17-6-4-12-28-17/h2-3,5,7,9-10,13,17H,4,6,8,11-12,14H2,1H3,(H,23,26)(H,24,25). The number of nitrogens with one attached hydrogen (secondary N) is 2. The van der Waals surface area contributed by atoms with E-state index in [0.717, 1.165) is 30.8 Å². The number of hydrogen-bond donors (Lipinski definition) is 2. The van der Waals surface area contributed by atoms with E-state index in [9.17, 15) is 9.59 Å². The van der Waals surface area contributed by atoms with Gasteiger partial charge in [-0.2, -0.15) is 0 Å². The highest BCUT2D eigenvalue weighted by molar-refractivity contribution is 5.98. The van der Waals surface area contributed by atoms with Crippen molar-refractivity contribution in [2.45, 2.75) is 25.4 Å². The molecule has 2 heterocycles. The minimum atomic E-state index is -0.316. The number of carbonyl (C=O) groups excluding carboxylic acids is 2. The number of nitrogens with zero attached hydrogens (tertiary/aromatic N) is 1. The summed E-state index contributed by atoms with van der Waals surface area (Å²) in [7, 11) is 1.62. The second kappa shape index (κ2) is 9.85. The van der Waals surface area contributed by atoms with Crippen LogP contribution in [-0.2, 0) is 11.2 Å². The average molecular weight is 383 g/mol. The van der Waals surface area contributed by atoms with Crippen molar-refractivity contribution in [2.24, 2.45) is 0 Å². The largest absolute Gasteiger partial charge is 0.496 e. The van der Waals surface area contributed by atoms with E-state index in [1.807, 2.05) is 24.3 Å². The van der Waals surface area contributed by atoms with Crippen molar-refractivity contribution in [2.75, 3.05) is 26.8 Å². The van der Waals surface area contributed by atoms with Crippen LogP contribution in [0.4, 0.5) is 0 Å². The fraction of sp³-hybridized carbons (Fsp3) is 0.381. The van der Waals surface area contributed by atoms with Crippen LogP contribution < -0.4 is 15.4 Å². The van der Waals surface area contributed by atoms with Gasteiger partial charge in [-0.1, -0.05) is 18.2 Å². The Kier molecular flexibility index (Phi) is 6.97.